The molecule has 1 N–H and O–H groups in total. The second kappa shape index (κ2) is 9.99. The van der Waals surface area contributed by atoms with Gasteiger partial charge in [-0.25, -0.2) is 4.79 Å². The minimum atomic E-state index is -0.959. The summed E-state index contributed by atoms with van der Waals surface area (Å²) in [6.45, 7) is 5.51. The third kappa shape index (κ3) is 4.38. The zero-order valence-electron chi connectivity index (χ0n) is 19.5. The molecule has 0 amide bonds. The summed E-state index contributed by atoms with van der Waals surface area (Å²) in [6, 6.07) is 3.46. The Hall–Kier alpha value is -2.81. The maximum atomic E-state index is 13.7. The molecule has 0 aromatic heterocycles. The summed E-state index contributed by atoms with van der Waals surface area (Å²) in [7, 11) is 4.30. The Labute approximate surface area is 201 Å². The van der Waals surface area contributed by atoms with Gasteiger partial charge in [0.05, 0.1) is 33.5 Å². The Morgan fingerprint density at radius 3 is 2.36 bits per heavy atom. The highest BCUT2D eigenvalue weighted by molar-refractivity contribution is 9.10. The molecule has 178 valence electrons. The fourth-order valence-electron chi connectivity index (χ4n) is 4.56. The number of halogens is 1. The summed E-state index contributed by atoms with van der Waals surface area (Å²) in [4.78, 5) is 39.3. The molecular weight excluding hydrogens is 494 g/mol. The number of Topliss-reactive ketones (excluding diaryl/α,β-unsaturated/α-hetero) is 1. The minimum Gasteiger partial charge on any atom is -0.493 e. The lowest BCUT2D eigenvalue weighted by Crippen LogP contribution is -2.43. The molecule has 3 atom stereocenters. The van der Waals surface area contributed by atoms with Crippen molar-refractivity contribution in [2.45, 2.75) is 33.1 Å². The minimum absolute atomic E-state index is 0.178. The summed E-state index contributed by atoms with van der Waals surface area (Å²) in [6.07, 6.45) is 0.454. The number of ether oxygens (including phenoxy) is 4. The van der Waals surface area contributed by atoms with Gasteiger partial charge in [-0.3, -0.25) is 9.59 Å². The highest BCUT2D eigenvalue weighted by Gasteiger charge is 2.47. The zero-order valence-corrected chi connectivity index (χ0v) is 21.1. The molecule has 0 saturated carbocycles. The van der Waals surface area contributed by atoms with Crippen LogP contribution in [-0.4, -0.2) is 45.7 Å². The Bertz CT molecular complexity index is 1060. The van der Waals surface area contributed by atoms with Crippen LogP contribution >= 0.6 is 15.9 Å². The molecule has 9 heteroatoms. The number of hydrogen-bond acceptors (Lipinski definition) is 8. The zero-order chi connectivity index (χ0) is 24.4. The Balaban J connectivity index is 2.28. The number of ketones is 1. The molecule has 1 aliphatic carbocycles. The quantitative estimate of drug-likeness (QED) is 0.447. The van der Waals surface area contributed by atoms with Gasteiger partial charge in [-0.05, 0) is 43.9 Å². The number of esters is 2. The molecule has 1 aromatic carbocycles. The number of hydrogen-bond donors (Lipinski definition) is 1. The van der Waals surface area contributed by atoms with Crippen LogP contribution in [0, 0.1) is 11.8 Å². The van der Waals surface area contributed by atoms with E-state index >= 15 is 0 Å². The SMILES string of the molecule is CCOC(=O)C1=C(C)NC2=C(C(=O)[C@H](C(=O)OC)[C@@H](C)C2)[C@H]1c1cc(OC)c(OC)cc1Br. The third-order valence-electron chi connectivity index (χ3n) is 6.05. The van der Waals surface area contributed by atoms with Crippen molar-refractivity contribution < 1.29 is 33.3 Å². The fourth-order valence-corrected chi connectivity index (χ4v) is 5.11. The first kappa shape index (κ1) is 24.8. The Kier molecular flexibility index (Phi) is 7.51. The van der Waals surface area contributed by atoms with Gasteiger partial charge in [0.1, 0.15) is 5.92 Å². The second-order valence-electron chi connectivity index (χ2n) is 7.98. The lowest BCUT2D eigenvalue weighted by molar-refractivity contribution is -0.151. The number of allylic oxidation sites excluding steroid dienone is 3. The van der Waals surface area contributed by atoms with Crippen molar-refractivity contribution in [3.05, 3.63) is 44.7 Å². The predicted molar refractivity (Wildman–Crippen MR) is 124 cm³/mol. The molecule has 3 rings (SSSR count). The maximum Gasteiger partial charge on any atom is 0.336 e. The van der Waals surface area contributed by atoms with Crippen molar-refractivity contribution in [1.29, 1.82) is 0 Å². The molecule has 0 unspecified atom stereocenters. The molecule has 0 saturated heterocycles. The summed E-state index contributed by atoms with van der Waals surface area (Å²) < 4.78 is 21.8. The van der Waals surface area contributed by atoms with Gasteiger partial charge in [0.25, 0.3) is 0 Å². The Morgan fingerprint density at radius 2 is 1.79 bits per heavy atom. The lowest BCUT2D eigenvalue weighted by atomic mass is 9.69. The van der Waals surface area contributed by atoms with E-state index in [1.165, 1.54) is 21.3 Å². The van der Waals surface area contributed by atoms with E-state index < -0.39 is 23.8 Å². The second-order valence-corrected chi connectivity index (χ2v) is 8.84. The van der Waals surface area contributed by atoms with Gasteiger partial charge in [0.15, 0.2) is 17.3 Å². The third-order valence-corrected chi connectivity index (χ3v) is 6.74. The molecule has 1 aliphatic heterocycles. The number of carbonyl (C=O) groups excluding carboxylic acids is 3. The first-order chi connectivity index (χ1) is 15.7. The average molecular weight is 522 g/mol. The van der Waals surface area contributed by atoms with Gasteiger partial charge in [-0.1, -0.05) is 22.9 Å². The van der Waals surface area contributed by atoms with E-state index in [1.807, 2.05) is 6.92 Å². The largest absolute Gasteiger partial charge is 0.493 e. The molecule has 0 fully saturated rings. The first-order valence-electron chi connectivity index (χ1n) is 10.6. The summed E-state index contributed by atoms with van der Waals surface area (Å²) in [5.41, 5.74) is 2.55. The van der Waals surface area contributed by atoms with Crippen LogP contribution in [0.4, 0.5) is 0 Å². The van der Waals surface area contributed by atoms with Gasteiger partial charge in [-0.2, -0.15) is 0 Å². The molecule has 1 heterocycles. The van der Waals surface area contributed by atoms with Crippen molar-refractivity contribution in [3.8, 4) is 11.5 Å². The molecule has 33 heavy (non-hydrogen) atoms. The fraction of sp³-hybridized carbons (Fsp3) is 0.458. The molecule has 0 radical (unpaired) electrons. The van der Waals surface area contributed by atoms with Crippen molar-refractivity contribution in [3.63, 3.8) is 0 Å². The number of rotatable bonds is 6. The smallest absolute Gasteiger partial charge is 0.336 e. The van der Waals surface area contributed by atoms with Crippen LogP contribution in [0.15, 0.2) is 39.1 Å². The van der Waals surface area contributed by atoms with Crippen molar-refractivity contribution in [2.75, 3.05) is 27.9 Å². The van der Waals surface area contributed by atoms with Crippen LogP contribution in [0.1, 0.15) is 38.7 Å². The van der Waals surface area contributed by atoms with E-state index in [0.29, 0.717) is 50.5 Å². The van der Waals surface area contributed by atoms with E-state index in [-0.39, 0.29) is 18.3 Å². The number of dihydropyridines is 1. The maximum absolute atomic E-state index is 13.7. The topological polar surface area (TPSA) is 100 Å². The standard InChI is InChI=1S/C24H28BrNO7/c1-7-33-24(29)19-12(3)26-15-8-11(2)18(23(28)32-6)22(27)21(15)20(19)13-9-16(30-4)17(31-5)10-14(13)25/h9-11,18,20,26H,7-8H2,1-6H3/t11-,18+,20-/m0/s1. The molecule has 0 bridgehead atoms. The van der Waals surface area contributed by atoms with Crippen LogP contribution in [0.5, 0.6) is 11.5 Å². The Morgan fingerprint density at radius 1 is 1.15 bits per heavy atom. The number of benzene rings is 1. The molecule has 0 spiro atoms. The molecular formula is C24H28BrNO7. The van der Waals surface area contributed by atoms with Crippen LogP contribution in [0.2, 0.25) is 0 Å². The predicted octanol–water partition coefficient (Wildman–Crippen LogP) is 3.64. The highest BCUT2D eigenvalue weighted by atomic mass is 79.9. The van der Waals surface area contributed by atoms with Gasteiger partial charge in [-0.15, -0.1) is 0 Å². The van der Waals surface area contributed by atoms with Crippen molar-refractivity contribution in [2.24, 2.45) is 11.8 Å². The van der Waals surface area contributed by atoms with Gasteiger partial charge < -0.3 is 24.3 Å². The van der Waals surface area contributed by atoms with Crippen molar-refractivity contribution >= 4 is 33.7 Å². The van der Waals surface area contributed by atoms with E-state index in [1.54, 1.807) is 26.0 Å². The molecule has 8 nitrogen and oxygen atoms in total. The highest BCUT2D eigenvalue weighted by Crippen LogP contribution is 2.49. The van der Waals surface area contributed by atoms with Crippen molar-refractivity contribution in [1.82, 2.24) is 5.32 Å². The average Bonchev–Trinajstić information content (AvgIpc) is 2.77. The van der Waals surface area contributed by atoms with Gasteiger partial charge in [0.2, 0.25) is 0 Å². The number of methoxy groups -OCH3 is 3. The van der Waals surface area contributed by atoms with Gasteiger partial charge in [0, 0.05) is 27.4 Å². The van der Waals surface area contributed by atoms with Gasteiger partial charge >= 0.3 is 11.9 Å². The number of nitrogens with one attached hydrogen (secondary N) is 1. The van der Waals surface area contributed by atoms with Crippen LogP contribution < -0.4 is 14.8 Å². The lowest BCUT2D eigenvalue weighted by Gasteiger charge is -2.38. The first-order valence-corrected chi connectivity index (χ1v) is 11.4. The number of carbonyl (C=O) groups is 3. The van der Waals surface area contributed by atoms with Crippen LogP contribution in [-0.2, 0) is 23.9 Å². The molecule has 2 aliphatic rings. The molecule has 1 aromatic rings. The van der Waals surface area contributed by atoms with Crippen LogP contribution in [0.25, 0.3) is 0 Å². The summed E-state index contributed by atoms with van der Waals surface area (Å²) in [5, 5.41) is 3.23. The normalized spacial score (nSPS) is 22.4. The monoisotopic (exact) mass is 521 g/mol. The summed E-state index contributed by atoms with van der Waals surface area (Å²) in [5.74, 6) is -2.56. The van der Waals surface area contributed by atoms with Crippen LogP contribution in [0.3, 0.4) is 0 Å². The summed E-state index contributed by atoms with van der Waals surface area (Å²) >= 11 is 3.57. The van der Waals surface area contributed by atoms with E-state index in [0.717, 1.165) is 0 Å². The van der Waals surface area contributed by atoms with E-state index in [9.17, 15) is 14.4 Å². The van der Waals surface area contributed by atoms with E-state index in [4.69, 9.17) is 18.9 Å². The van der Waals surface area contributed by atoms with E-state index in [2.05, 4.69) is 21.2 Å².